The molecule has 2 rings (SSSR count). The van der Waals surface area contributed by atoms with E-state index < -0.39 is 6.10 Å². The van der Waals surface area contributed by atoms with Crippen LogP contribution in [0.2, 0.25) is 0 Å². The van der Waals surface area contributed by atoms with E-state index in [-0.39, 0.29) is 12.5 Å². The summed E-state index contributed by atoms with van der Waals surface area (Å²) in [6.45, 7) is 2.54. The van der Waals surface area contributed by atoms with Crippen LogP contribution in [0.15, 0.2) is 36.4 Å². The van der Waals surface area contributed by atoms with Gasteiger partial charge in [0, 0.05) is 19.3 Å². The Labute approximate surface area is 129 Å². The number of aromatic nitrogens is 2. The molecule has 0 radical (unpaired) electrons. The van der Waals surface area contributed by atoms with Crippen molar-refractivity contribution in [2.45, 2.75) is 19.4 Å². The molecule has 1 aromatic carbocycles. The highest BCUT2D eigenvalue weighted by molar-refractivity contribution is 5.92. The lowest BCUT2D eigenvalue weighted by Gasteiger charge is -2.09. The van der Waals surface area contributed by atoms with E-state index >= 15 is 0 Å². The maximum absolute atomic E-state index is 12.1. The second kappa shape index (κ2) is 7.72. The van der Waals surface area contributed by atoms with E-state index in [1.54, 1.807) is 10.7 Å². The minimum absolute atomic E-state index is 0.248. The lowest BCUT2D eigenvalue weighted by Crippen LogP contribution is -2.28. The summed E-state index contributed by atoms with van der Waals surface area (Å²) >= 11 is 0. The van der Waals surface area contributed by atoms with Gasteiger partial charge >= 0.3 is 0 Å². The summed E-state index contributed by atoms with van der Waals surface area (Å²) in [5.41, 5.74) is 2.16. The molecule has 118 valence electrons. The molecule has 2 aromatic rings. The lowest BCUT2D eigenvalue weighted by molar-refractivity contribution is 0.0587. The fourth-order valence-electron chi connectivity index (χ4n) is 2.13. The van der Waals surface area contributed by atoms with Gasteiger partial charge in [-0.2, -0.15) is 5.10 Å². The van der Waals surface area contributed by atoms with Gasteiger partial charge in [-0.1, -0.05) is 18.2 Å². The molecule has 22 heavy (non-hydrogen) atoms. The molecular weight excluding hydrogens is 282 g/mol. The molecule has 6 heteroatoms. The van der Waals surface area contributed by atoms with Gasteiger partial charge in [-0.15, -0.1) is 0 Å². The Morgan fingerprint density at radius 1 is 1.41 bits per heavy atom. The topological polar surface area (TPSA) is 76.4 Å². The molecule has 1 atom stereocenters. The largest absolute Gasteiger partial charge is 0.391 e. The first-order chi connectivity index (χ1) is 10.6. The number of carbonyl (C=O) groups excluding carboxylic acids is 1. The Morgan fingerprint density at radius 3 is 2.82 bits per heavy atom. The average molecular weight is 303 g/mol. The van der Waals surface area contributed by atoms with Crippen LogP contribution in [0.25, 0.3) is 5.69 Å². The third-order valence-corrected chi connectivity index (χ3v) is 3.24. The number of aliphatic hydroxyl groups excluding tert-OH is 1. The van der Waals surface area contributed by atoms with Gasteiger partial charge in [0.05, 0.1) is 18.4 Å². The van der Waals surface area contributed by atoms with Crippen molar-refractivity contribution in [3.05, 3.63) is 47.8 Å². The van der Waals surface area contributed by atoms with Crippen LogP contribution >= 0.6 is 0 Å². The Balaban J connectivity index is 1.97. The number of benzene rings is 1. The smallest absolute Gasteiger partial charge is 0.271 e. The molecule has 0 saturated carbocycles. The Kier molecular flexibility index (Phi) is 5.68. The van der Waals surface area contributed by atoms with Crippen molar-refractivity contribution in [3.8, 4) is 5.69 Å². The minimum atomic E-state index is -0.575. The summed E-state index contributed by atoms with van der Waals surface area (Å²) in [7, 11) is 1.53. The van der Waals surface area contributed by atoms with Crippen molar-refractivity contribution in [3.63, 3.8) is 0 Å². The second-order valence-electron chi connectivity index (χ2n) is 5.07. The molecule has 6 nitrogen and oxygen atoms in total. The minimum Gasteiger partial charge on any atom is -0.391 e. The summed E-state index contributed by atoms with van der Waals surface area (Å²) < 4.78 is 6.57. The molecular formula is C16H21N3O3. The Bertz CT molecular complexity index is 610. The standard InChI is InChI=1S/C16H21N3O3/c1-12-10-15(16(21)17-9-8-14(20)11-22-2)18-19(12)13-6-4-3-5-7-13/h3-7,10,14,20H,8-9,11H2,1-2H3,(H,17,21). The zero-order valence-electron chi connectivity index (χ0n) is 12.8. The number of hydrogen-bond donors (Lipinski definition) is 2. The SMILES string of the molecule is COCC(O)CCNC(=O)c1cc(C)n(-c2ccccc2)n1. The number of carbonyl (C=O) groups is 1. The quantitative estimate of drug-likeness (QED) is 0.808. The fourth-order valence-corrected chi connectivity index (χ4v) is 2.13. The molecule has 1 heterocycles. The predicted molar refractivity (Wildman–Crippen MR) is 83.1 cm³/mol. The van der Waals surface area contributed by atoms with Crippen LogP contribution in [0.5, 0.6) is 0 Å². The average Bonchev–Trinajstić information content (AvgIpc) is 2.90. The molecule has 1 amide bonds. The molecule has 0 aliphatic heterocycles. The highest BCUT2D eigenvalue weighted by atomic mass is 16.5. The number of para-hydroxylation sites is 1. The van der Waals surface area contributed by atoms with E-state index in [0.29, 0.717) is 18.7 Å². The summed E-state index contributed by atoms with van der Waals surface area (Å²) in [6.07, 6.45) is -0.133. The lowest BCUT2D eigenvalue weighted by atomic mass is 10.2. The number of ether oxygens (including phenoxy) is 1. The summed E-state index contributed by atoms with van der Waals surface area (Å²) in [6, 6.07) is 11.4. The van der Waals surface area contributed by atoms with Gasteiger partial charge in [0.1, 0.15) is 0 Å². The fraction of sp³-hybridized carbons (Fsp3) is 0.375. The molecule has 0 bridgehead atoms. The van der Waals surface area contributed by atoms with Gasteiger partial charge in [0.15, 0.2) is 5.69 Å². The zero-order chi connectivity index (χ0) is 15.9. The number of amides is 1. The van der Waals surface area contributed by atoms with Crippen LogP contribution in [0, 0.1) is 6.92 Å². The van der Waals surface area contributed by atoms with Crippen molar-refractivity contribution in [1.82, 2.24) is 15.1 Å². The van der Waals surface area contributed by atoms with Crippen LogP contribution < -0.4 is 5.32 Å². The maximum Gasteiger partial charge on any atom is 0.271 e. The monoisotopic (exact) mass is 303 g/mol. The number of aliphatic hydroxyl groups is 1. The van der Waals surface area contributed by atoms with Gasteiger partial charge in [0.25, 0.3) is 5.91 Å². The van der Waals surface area contributed by atoms with E-state index in [1.807, 2.05) is 37.3 Å². The van der Waals surface area contributed by atoms with Crippen LogP contribution in [0.1, 0.15) is 22.6 Å². The predicted octanol–water partition coefficient (Wildman–Crippen LogP) is 1.31. The highest BCUT2D eigenvalue weighted by Crippen LogP contribution is 2.11. The molecule has 0 aliphatic rings. The van der Waals surface area contributed by atoms with E-state index in [2.05, 4.69) is 10.4 Å². The van der Waals surface area contributed by atoms with Crippen molar-refractivity contribution in [2.75, 3.05) is 20.3 Å². The van der Waals surface area contributed by atoms with Crippen molar-refractivity contribution in [2.24, 2.45) is 0 Å². The number of rotatable bonds is 7. The normalized spacial score (nSPS) is 12.1. The zero-order valence-corrected chi connectivity index (χ0v) is 12.8. The van der Waals surface area contributed by atoms with Crippen LogP contribution in [0.4, 0.5) is 0 Å². The number of nitrogens with zero attached hydrogens (tertiary/aromatic N) is 2. The third-order valence-electron chi connectivity index (χ3n) is 3.24. The maximum atomic E-state index is 12.1. The first-order valence-electron chi connectivity index (χ1n) is 7.19. The Morgan fingerprint density at radius 2 is 2.14 bits per heavy atom. The third kappa shape index (κ3) is 4.16. The molecule has 1 aromatic heterocycles. The van der Waals surface area contributed by atoms with Crippen molar-refractivity contribution in [1.29, 1.82) is 0 Å². The van der Waals surface area contributed by atoms with Gasteiger partial charge < -0.3 is 15.2 Å². The van der Waals surface area contributed by atoms with Crippen molar-refractivity contribution < 1.29 is 14.6 Å². The van der Waals surface area contributed by atoms with Gasteiger partial charge in [-0.05, 0) is 31.5 Å². The van der Waals surface area contributed by atoms with Crippen LogP contribution in [-0.2, 0) is 4.74 Å². The molecule has 0 aliphatic carbocycles. The summed E-state index contributed by atoms with van der Waals surface area (Å²) in [5.74, 6) is -0.248. The molecule has 0 fully saturated rings. The number of aryl methyl sites for hydroxylation is 1. The van der Waals surface area contributed by atoms with Crippen LogP contribution in [0.3, 0.4) is 0 Å². The van der Waals surface area contributed by atoms with E-state index in [4.69, 9.17) is 4.74 Å². The van der Waals surface area contributed by atoms with E-state index in [9.17, 15) is 9.90 Å². The van der Waals surface area contributed by atoms with E-state index in [1.165, 1.54) is 7.11 Å². The molecule has 1 unspecified atom stereocenters. The molecule has 2 N–H and O–H groups in total. The van der Waals surface area contributed by atoms with Crippen LogP contribution in [-0.4, -0.2) is 47.2 Å². The molecule has 0 saturated heterocycles. The second-order valence-corrected chi connectivity index (χ2v) is 5.07. The summed E-state index contributed by atoms with van der Waals surface area (Å²) in [4.78, 5) is 12.1. The number of hydrogen-bond acceptors (Lipinski definition) is 4. The summed E-state index contributed by atoms with van der Waals surface area (Å²) in [5, 5.41) is 16.6. The molecule has 0 spiro atoms. The van der Waals surface area contributed by atoms with Gasteiger partial charge in [-0.25, -0.2) is 4.68 Å². The first kappa shape index (κ1) is 16.2. The highest BCUT2D eigenvalue weighted by Gasteiger charge is 2.13. The Hall–Kier alpha value is -2.18. The number of methoxy groups -OCH3 is 1. The van der Waals surface area contributed by atoms with Gasteiger partial charge in [-0.3, -0.25) is 4.79 Å². The number of nitrogens with one attached hydrogen (secondary N) is 1. The van der Waals surface area contributed by atoms with Gasteiger partial charge in [0.2, 0.25) is 0 Å². The van der Waals surface area contributed by atoms with E-state index in [0.717, 1.165) is 11.4 Å². The first-order valence-corrected chi connectivity index (χ1v) is 7.19. The van der Waals surface area contributed by atoms with Crippen molar-refractivity contribution >= 4 is 5.91 Å².